The van der Waals surface area contributed by atoms with Gasteiger partial charge in [-0.15, -0.1) is 0 Å². The molecule has 13 heavy (non-hydrogen) atoms. The first-order valence-corrected chi connectivity index (χ1v) is 3.76. The molecule has 4 N–H and O–H groups in total. The highest BCUT2D eigenvalue weighted by molar-refractivity contribution is 5.57. The summed E-state index contributed by atoms with van der Waals surface area (Å²) in [4.78, 5) is 10.3. The van der Waals surface area contributed by atoms with Crippen LogP contribution >= 0.6 is 0 Å². The van der Waals surface area contributed by atoms with Gasteiger partial charge in [-0.05, 0) is 6.92 Å². The molecular formula is C7H14O6. The van der Waals surface area contributed by atoms with E-state index in [1.807, 2.05) is 0 Å². The van der Waals surface area contributed by atoms with Crippen molar-refractivity contribution in [2.75, 3.05) is 6.79 Å². The van der Waals surface area contributed by atoms with Gasteiger partial charge in [0.25, 0.3) is 0 Å². The van der Waals surface area contributed by atoms with Gasteiger partial charge in [0.1, 0.15) is 25.1 Å². The first-order chi connectivity index (χ1) is 6.04. The second kappa shape index (κ2) is 6.01. The number of hydrogen-bond acceptors (Lipinski definition) is 6. The number of rotatable bonds is 6. The summed E-state index contributed by atoms with van der Waals surface area (Å²) in [6, 6.07) is 0. The summed E-state index contributed by atoms with van der Waals surface area (Å²) >= 11 is 0. The van der Waals surface area contributed by atoms with Gasteiger partial charge in [-0.25, -0.2) is 0 Å². The lowest BCUT2D eigenvalue weighted by Gasteiger charge is -2.23. The summed E-state index contributed by atoms with van der Waals surface area (Å²) in [6.07, 6.45) is -5.31. The fourth-order valence-electron chi connectivity index (χ4n) is 0.784. The van der Waals surface area contributed by atoms with Crippen molar-refractivity contribution >= 4 is 6.29 Å². The molecule has 6 heteroatoms. The molecule has 0 spiro atoms. The molecule has 0 aromatic carbocycles. The molecule has 0 amide bonds. The Hall–Kier alpha value is -0.530. The number of carbonyl (C=O) groups excluding carboxylic acids is 1. The number of carbonyl (C=O) groups is 1. The molecule has 0 radical (unpaired) electrons. The first-order valence-electron chi connectivity index (χ1n) is 3.76. The minimum atomic E-state index is -1.55. The van der Waals surface area contributed by atoms with E-state index >= 15 is 0 Å². The molecule has 0 fully saturated rings. The van der Waals surface area contributed by atoms with Crippen LogP contribution in [0.2, 0.25) is 0 Å². The van der Waals surface area contributed by atoms with Crippen molar-refractivity contribution < 1.29 is 30.0 Å². The van der Waals surface area contributed by atoms with E-state index in [2.05, 4.69) is 4.74 Å². The van der Waals surface area contributed by atoms with Crippen molar-refractivity contribution in [1.29, 1.82) is 0 Å². The SMILES string of the molecule is CC(O)C(O)C(O)C(C=O)OCO. The largest absolute Gasteiger partial charge is 0.391 e. The monoisotopic (exact) mass is 194 g/mol. The minimum absolute atomic E-state index is 0.243. The molecule has 0 aliphatic heterocycles. The summed E-state index contributed by atoms with van der Waals surface area (Å²) in [5, 5.41) is 35.5. The lowest BCUT2D eigenvalue weighted by molar-refractivity contribution is -0.156. The van der Waals surface area contributed by atoms with Gasteiger partial charge < -0.3 is 30.0 Å². The van der Waals surface area contributed by atoms with Crippen LogP contribution < -0.4 is 0 Å². The Morgan fingerprint density at radius 2 is 1.85 bits per heavy atom. The molecular weight excluding hydrogens is 180 g/mol. The predicted octanol–water partition coefficient (Wildman–Crippen LogP) is -2.38. The summed E-state index contributed by atoms with van der Waals surface area (Å²) in [5.74, 6) is 0. The van der Waals surface area contributed by atoms with E-state index in [4.69, 9.17) is 15.3 Å². The quantitative estimate of drug-likeness (QED) is 0.278. The third-order valence-electron chi connectivity index (χ3n) is 1.58. The molecule has 0 aliphatic carbocycles. The van der Waals surface area contributed by atoms with Gasteiger partial charge in [0.15, 0.2) is 6.29 Å². The standard InChI is InChI=1S/C7H14O6/c1-4(10)6(11)7(12)5(2-8)13-3-9/h2,4-7,9-12H,3H2,1H3. The van der Waals surface area contributed by atoms with Crippen LogP contribution in [0.15, 0.2) is 0 Å². The van der Waals surface area contributed by atoms with Crippen LogP contribution in [-0.4, -0.2) is 57.9 Å². The second-order valence-electron chi connectivity index (χ2n) is 2.62. The molecule has 6 nitrogen and oxygen atoms in total. The summed E-state index contributed by atoms with van der Waals surface area (Å²) in [6.45, 7) is 0.516. The van der Waals surface area contributed by atoms with E-state index < -0.39 is 31.2 Å². The predicted molar refractivity (Wildman–Crippen MR) is 41.7 cm³/mol. The van der Waals surface area contributed by atoms with E-state index in [0.717, 1.165) is 0 Å². The number of ether oxygens (including phenoxy) is 1. The molecule has 4 atom stereocenters. The van der Waals surface area contributed by atoms with E-state index in [0.29, 0.717) is 0 Å². The third kappa shape index (κ3) is 3.79. The number of hydrogen-bond donors (Lipinski definition) is 4. The van der Waals surface area contributed by atoms with Gasteiger partial charge >= 0.3 is 0 Å². The topological polar surface area (TPSA) is 107 Å². The summed E-state index contributed by atoms with van der Waals surface area (Å²) in [5.41, 5.74) is 0. The normalized spacial score (nSPS) is 20.4. The molecule has 0 aliphatic rings. The molecule has 0 bridgehead atoms. The van der Waals surface area contributed by atoms with Crippen molar-refractivity contribution in [2.24, 2.45) is 0 Å². The Labute approximate surface area is 75.4 Å². The maximum Gasteiger partial charge on any atom is 0.151 e. The van der Waals surface area contributed by atoms with Gasteiger partial charge in [0.05, 0.1) is 6.10 Å². The molecule has 0 aromatic rings. The molecule has 78 valence electrons. The van der Waals surface area contributed by atoms with Crippen LogP contribution in [0.3, 0.4) is 0 Å². The minimum Gasteiger partial charge on any atom is -0.391 e. The Morgan fingerprint density at radius 1 is 1.31 bits per heavy atom. The molecule has 4 unspecified atom stereocenters. The molecule has 0 aromatic heterocycles. The lowest BCUT2D eigenvalue weighted by atomic mass is 10.1. The zero-order valence-electron chi connectivity index (χ0n) is 7.20. The number of aldehydes is 1. The highest BCUT2D eigenvalue weighted by Gasteiger charge is 2.29. The van der Waals surface area contributed by atoms with Crippen molar-refractivity contribution in [3.05, 3.63) is 0 Å². The molecule has 0 heterocycles. The lowest BCUT2D eigenvalue weighted by Crippen LogP contribution is -2.45. The van der Waals surface area contributed by atoms with Gasteiger partial charge in [0.2, 0.25) is 0 Å². The Balaban J connectivity index is 4.17. The average molecular weight is 194 g/mol. The van der Waals surface area contributed by atoms with E-state index in [-0.39, 0.29) is 6.29 Å². The van der Waals surface area contributed by atoms with E-state index in [1.54, 1.807) is 0 Å². The zero-order chi connectivity index (χ0) is 10.4. The Morgan fingerprint density at radius 3 is 2.15 bits per heavy atom. The first kappa shape index (κ1) is 12.5. The summed E-state index contributed by atoms with van der Waals surface area (Å²) in [7, 11) is 0. The fourth-order valence-corrected chi connectivity index (χ4v) is 0.784. The van der Waals surface area contributed by atoms with Crippen molar-refractivity contribution in [3.8, 4) is 0 Å². The fraction of sp³-hybridized carbons (Fsp3) is 0.857. The second-order valence-corrected chi connectivity index (χ2v) is 2.62. The van der Waals surface area contributed by atoms with Gasteiger partial charge in [0, 0.05) is 0 Å². The van der Waals surface area contributed by atoms with E-state index in [1.165, 1.54) is 6.92 Å². The molecule has 0 saturated heterocycles. The van der Waals surface area contributed by atoms with Crippen LogP contribution in [0.25, 0.3) is 0 Å². The average Bonchev–Trinajstić information content (AvgIpc) is 2.11. The summed E-state index contributed by atoms with van der Waals surface area (Å²) < 4.78 is 4.39. The van der Waals surface area contributed by atoms with Crippen LogP contribution in [0.5, 0.6) is 0 Å². The smallest absolute Gasteiger partial charge is 0.151 e. The molecule has 0 saturated carbocycles. The maximum atomic E-state index is 10.3. The Bertz CT molecular complexity index is 148. The van der Waals surface area contributed by atoms with Gasteiger partial charge in [-0.1, -0.05) is 0 Å². The number of aliphatic hydroxyl groups is 4. The van der Waals surface area contributed by atoms with Crippen LogP contribution in [0.4, 0.5) is 0 Å². The van der Waals surface area contributed by atoms with Crippen molar-refractivity contribution in [2.45, 2.75) is 31.3 Å². The highest BCUT2D eigenvalue weighted by Crippen LogP contribution is 2.05. The zero-order valence-corrected chi connectivity index (χ0v) is 7.20. The van der Waals surface area contributed by atoms with Gasteiger partial charge in [-0.2, -0.15) is 0 Å². The maximum absolute atomic E-state index is 10.3. The van der Waals surface area contributed by atoms with Crippen LogP contribution in [-0.2, 0) is 9.53 Å². The Kier molecular flexibility index (Phi) is 5.76. The van der Waals surface area contributed by atoms with Crippen molar-refractivity contribution in [1.82, 2.24) is 0 Å². The van der Waals surface area contributed by atoms with Crippen LogP contribution in [0, 0.1) is 0 Å². The highest BCUT2D eigenvalue weighted by atomic mass is 16.6. The molecule has 0 rings (SSSR count). The number of aliphatic hydroxyl groups excluding tert-OH is 4. The van der Waals surface area contributed by atoms with Crippen molar-refractivity contribution in [3.63, 3.8) is 0 Å². The van der Waals surface area contributed by atoms with Crippen LogP contribution in [0.1, 0.15) is 6.92 Å². The van der Waals surface area contributed by atoms with E-state index in [9.17, 15) is 9.90 Å². The van der Waals surface area contributed by atoms with Gasteiger partial charge in [-0.3, -0.25) is 0 Å². The third-order valence-corrected chi connectivity index (χ3v) is 1.58.